The molecule has 0 saturated carbocycles. The molecule has 2 heterocycles. The number of aromatic hydroxyl groups is 1. The van der Waals surface area contributed by atoms with Gasteiger partial charge >= 0.3 is 0 Å². The van der Waals surface area contributed by atoms with Crippen LogP contribution in [0.1, 0.15) is 48.8 Å². The molecule has 1 aromatic heterocycles. The van der Waals surface area contributed by atoms with Gasteiger partial charge in [0.05, 0.1) is 11.3 Å². The molecule has 6 heteroatoms. The lowest BCUT2D eigenvalue weighted by Crippen LogP contribution is -2.28. The minimum atomic E-state index is -0.320. The Bertz CT molecular complexity index is 1190. The average Bonchev–Trinajstić information content (AvgIpc) is 2.83. The molecular formula is C27H30ClN3O2. The van der Waals surface area contributed by atoms with Crippen molar-refractivity contribution in [3.63, 3.8) is 0 Å². The van der Waals surface area contributed by atoms with Gasteiger partial charge in [0, 0.05) is 29.4 Å². The number of rotatable bonds is 8. The maximum Gasteiger partial charge on any atom is 0.258 e. The fraction of sp³-hybridized carbons (Fsp3) is 0.333. The number of hydrogen-bond donors (Lipinski definition) is 2. The number of fused-ring (bicyclic) bond motifs is 1. The molecule has 0 spiro atoms. The van der Waals surface area contributed by atoms with Crippen molar-refractivity contribution in [2.45, 2.75) is 38.6 Å². The zero-order valence-corrected chi connectivity index (χ0v) is 19.5. The summed E-state index contributed by atoms with van der Waals surface area (Å²) in [5, 5.41) is 11.6. The van der Waals surface area contributed by atoms with E-state index in [0.717, 1.165) is 30.6 Å². The number of allylic oxidation sites excluding steroid dienone is 1. The van der Waals surface area contributed by atoms with Crippen LogP contribution in [-0.4, -0.2) is 40.2 Å². The van der Waals surface area contributed by atoms with Crippen molar-refractivity contribution in [1.82, 2.24) is 9.88 Å². The van der Waals surface area contributed by atoms with E-state index in [4.69, 9.17) is 11.6 Å². The van der Waals surface area contributed by atoms with Crippen LogP contribution in [0.3, 0.4) is 0 Å². The Morgan fingerprint density at radius 3 is 2.61 bits per heavy atom. The molecule has 1 aliphatic heterocycles. The molecule has 2 aromatic carbocycles. The largest absolute Gasteiger partial charge is 0.494 e. The van der Waals surface area contributed by atoms with Crippen molar-refractivity contribution >= 4 is 40.4 Å². The van der Waals surface area contributed by atoms with E-state index in [1.807, 2.05) is 30.3 Å². The highest BCUT2D eigenvalue weighted by Crippen LogP contribution is 2.24. The van der Waals surface area contributed by atoms with E-state index in [-0.39, 0.29) is 11.4 Å². The summed E-state index contributed by atoms with van der Waals surface area (Å²) in [5.74, 6) is 0.451. The van der Waals surface area contributed by atoms with Gasteiger partial charge in [0.2, 0.25) is 5.88 Å². The number of likely N-dealkylation sites (tertiary alicyclic amines) is 1. The minimum Gasteiger partial charge on any atom is -0.494 e. The first kappa shape index (κ1) is 23.3. The molecule has 0 radical (unpaired) electrons. The van der Waals surface area contributed by atoms with Crippen molar-refractivity contribution in [3.05, 3.63) is 75.6 Å². The Labute approximate surface area is 199 Å². The first-order valence-electron chi connectivity index (χ1n) is 11.6. The summed E-state index contributed by atoms with van der Waals surface area (Å²) in [5.41, 5.74) is 3.21. The van der Waals surface area contributed by atoms with E-state index in [1.165, 1.54) is 37.9 Å². The van der Waals surface area contributed by atoms with Crippen molar-refractivity contribution in [1.29, 1.82) is 0 Å². The third kappa shape index (κ3) is 6.12. The number of unbranched alkanes of at least 4 members (excludes halogenated alkanes) is 1. The molecule has 0 aliphatic carbocycles. The normalized spacial score (nSPS) is 15.2. The predicted octanol–water partition coefficient (Wildman–Crippen LogP) is 6.00. The molecule has 1 saturated heterocycles. The maximum atomic E-state index is 12.3. The van der Waals surface area contributed by atoms with Crippen molar-refractivity contribution in [2.75, 3.05) is 19.0 Å². The molecule has 4 rings (SSSR count). The quantitative estimate of drug-likeness (QED) is 0.244. The predicted molar refractivity (Wildman–Crippen MR) is 138 cm³/mol. The number of aromatic nitrogens is 1. The monoisotopic (exact) mass is 463 g/mol. The number of aromatic amines is 1. The number of alkyl halides is 1. The third-order valence-electron chi connectivity index (χ3n) is 6.01. The van der Waals surface area contributed by atoms with Crippen LogP contribution in [0.2, 0.25) is 0 Å². The molecular weight excluding hydrogens is 434 g/mol. The Balaban J connectivity index is 1.56. The number of nitrogens with one attached hydrogen (secondary N) is 1. The molecule has 0 bridgehead atoms. The summed E-state index contributed by atoms with van der Waals surface area (Å²) in [6, 6.07) is 13.8. The number of piperidine rings is 1. The van der Waals surface area contributed by atoms with Crippen LogP contribution >= 0.6 is 11.6 Å². The Morgan fingerprint density at radius 2 is 1.85 bits per heavy atom. The van der Waals surface area contributed by atoms with Gasteiger partial charge in [0.15, 0.2) is 0 Å². The Kier molecular flexibility index (Phi) is 7.97. The molecule has 1 aliphatic rings. The van der Waals surface area contributed by atoms with Gasteiger partial charge in [-0.2, -0.15) is 0 Å². The van der Waals surface area contributed by atoms with E-state index in [0.29, 0.717) is 22.2 Å². The second-order valence-corrected chi connectivity index (χ2v) is 8.89. The summed E-state index contributed by atoms with van der Waals surface area (Å²) < 4.78 is 0. The number of benzene rings is 2. The van der Waals surface area contributed by atoms with Gasteiger partial charge in [-0.1, -0.05) is 36.8 Å². The lowest BCUT2D eigenvalue weighted by molar-refractivity contribution is 0.221. The van der Waals surface area contributed by atoms with Gasteiger partial charge in [-0.15, -0.1) is 11.6 Å². The lowest BCUT2D eigenvalue weighted by atomic mass is 10.0. The van der Waals surface area contributed by atoms with E-state index < -0.39 is 0 Å². The number of halogens is 1. The molecule has 1 fully saturated rings. The van der Waals surface area contributed by atoms with Crippen LogP contribution in [0.25, 0.3) is 16.8 Å². The molecule has 0 amide bonds. The van der Waals surface area contributed by atoms with Crippen molar-refractivity contribution in [3.8, 4) is 5.88 Å². The number of H-pyrrole nitrogens is 1. The Hall–Kier alpha value is -2.89. The van der Waals surface area contributed by atoms with Crippen LogP contribution in [0, 0.1) is 0 Å². The SMILES string of the molecule is O=c1[nH]c(O)c(C=Nc2ccc(CN3CCCCC3)cc2)c2cc(/C=C/CCCCl)ccc12. The van der Waals surface area contributed by atoms with Gasteiger partial charge in [-0.25, -0.2) is 0 Å². The average molecular weight is 464 g/mol. The van der Waals surface area contributed by atoms with Gasteiger partial charge in [0.1, 0.15) is 0 Å². The molecule has 0 unspecified atom stereocenters. The zero-order chi connectivity index (χ0) is 23.0. The summed E-state index contributed by atoms with van der Waals surface area (Å²) >= 11 is 5.74. The fourth-order valence-corrected chi connectivity index (χ4v) is 4.36. The van der Waals surface area contributed by atoms with Crippen molar-refractivity contribution in [2.24, 2.45) is 4.99 Å². The van der Waals surface area contributed by atoms with Crippen molar-refractivity contribution < 1.29 is 5.11 Å². The molecule has 5 nitrogen and oxygen atoms in total. The van der Waals surface area contributed by atoms with Crippen LogP contribution in [0.4, 0.5) is 5.69 Å². The maximum absolute atomic E-state index is 12.3. The van der Waals surface area contributed by atoms with Gasteiger partial charge in [0.25, 0.3) is 5.56 Å². The zero-order valence-electron chi connectivity index (χ0n) is 18.8. The Morgan fingerprint density at radius 1 is 1.06 bits per heavy atom. The van der Waals surface area contributed by atoms with Gasteiger partial charge in [-0.05, 0) is 74.2 Å². The lowest BCUT2D eigenvalue weighted by Gasteiger charge is -2.26. The highest BCUT2D eigenvalue weighted by molar-refractivity contribution is 6.17. The van der Waals surface area contributed by atoms with E-state index in [2.05, 4.69) is 33.1 Å². The first-order valence-corrected chi connectivity index (χ1v) is 12.1. The van der Waals surface area contributed by atoms with E-state index in [1.54, 1.807) is 12.3 Å². The number of aliphatic imine (C=N–C) groups is 1. The van der Waals surface area contributed by atoms with Crippen LogP contribution in [0.5, 0.6) is 5.88 Å². The van der Waals surface area contributed by atoms with E-state index in [9.17, 15) is 9.90 Å². The second-order valence-electron chi connectivity index (χ2n) is 8.52. The summed E-state index contributed by atoms with van der Waals surface area (Å²) in [6.07, 6.45) is 11.4. The highest BCUT2D eigenvalue weighted by atomic mass is 35.5. The van der Waals surface area contributed by atoms with Gasteiger partial charge in [-0.3, -0.25) is 19.7 Å². The number of nitrogens with zero attached hydrogens (tertiary/aromatic N) is 2. The summed E-state index contributed by atoms with van der Waals surface area (Å²) in [4.78, 5) is 21.9. The third-order valence-corrected chi connectivity index (χ3v) is 6.28. The molecule has 33 heavy (non-hydrogen) atoms. The van der Waals surface area contributed by atoms with Gasteiger partial charge < -0.3 is 5.11 Å². The van der Waals surface area contributed by atoms with Crippen LogP contribution in [0.15, 0.2) is 58.3 Å². The van der Waals surface area contributed by atoms with E-state index >= 15 is 0 Å². The minimum absolute atomic E-state index is 0.179. The molecule has 0 atom stereocenters. The fourth-order valence-electron chi connectivity index (χ4n) is 4.20. The smallest absolute Gasteiger partial charge is 0.258 e. The number of pyridine rings is 1. The summed E-state index contributed by atoms with van der Waals surface area (Å²) in [6.45, 7) is 3.31. The molecule has 3 aromatic rings. The topological polar surface area (TPSA) is 68.7 Å². The highest BCUT2D eigenvalue weighted by Gasteiger charge is 2.11. The standard InChI is InChI=1S/C27H30ClN3O2/c28-14-4-1-3-7-20-10-13-23-24(17-20)25(27(33)30-26(23)32)18-29-22-11-8-21(9-12-22)19-31-15-5-2-6-16-31/h3,7-13,17-18H,1-2,4-6,14-16,19H2,(H2,30,32,33)/b7-3+,29-18?. The summed E-state index contributed by atoms with van der Waals surface area (Å²) in [7, 11) is 0. The van der Waals surface area contributed by atoms with Crippen LogP contribution in [-0.2, 0) is 6.54 Å². The first-order chi connectivity index (χ1) is 16.1. The second kappa shape index (κ2) is 11.3. The van der Waals surface area contributed by atoms with Crippen LogP contribution < -0.4 is 5.56 Å². The molecule has 2 N–H and O–H groups in total. The molecule has 172 valence electrons. The number of hydrogen-bond acceptors (Lipinski definition) is 4.